The molecule has 2 aliphatic heterocycles. The van der Waals surface area contributed by atoms with Crippen molar-refractivity contribution in [3.63, 3.8) is 0 Å². The molecule has 7 aromatic rings. The van der Waals surface area contributed by atoms with Crippen LogP contribution in [0.25, 0.3) is 0 Å². The number of aryl methyl sites for hydroxylation is 6. The Morgan fingerprint density at radius 1 is 0.404 bits per heavy atom. The molecule has 0 atom stereocenters. The van der Waals surface area contributed by atoms with Crippen LogP contribution in [0, 0.1) is 41.5 Å². The van der Waals surface area contributed by atoms with Gasteiger partial charge in [-0.15, -0.1) is 0 Å². The summed E-state index contributed by atoms with van der Waals surface area (Å²) in [6, 6.07) is 54.4. The highest BCUT2D eigenvalue weighted by molar-refractivity contribution is 7.00. The molecule has 252 valence electrons. The molecule has 9 rings (SSSR count). The van der Waals surface area contributed by atoms with Crippen molar-refractivity contribution in [2.24, 2.45) is 0 Å². The number of rotatable bonds is 5. The predicted molar refractivity (Wildman–Crippen MR) is 224 cm³/mol. The number of fused-ring (bicyclic) bond motifs is 4. The predicted octanol–water partition coefficient (Wildman–Crippen LogP) is 11.1. The van der Waals surface area contributed by atoms with Gasteiger partial charge in [-0.05, 0) is 152 Å². The van der Waals surface area contributed by atoms with Crippen molar-refractivity contribution in [2.75, 3.05) is 14.7 Å². The number of anilines is 9. The summed E-state index contributed by atoms with van der Waals surface area (Å²) < 4.78 is 0. The van der Waals surface area contributed by atoms with Crippen LogP contribution in [-0.4, -0.2) is 6.71 Å². The second kappa shape index (κ2) is 12.3. The third-order valence-electron chi connectivity index (χ3n) is 10.9. The first-order chi connectivity index (χ1) is 25.3. The lowest BCUT2D eigenvalue weighted by Crippen LogP contribution is -2.61. The van der Waals surface area contributed by atoms with Crippen LogP contribution < -0.4 is 31.1 Å². The molecule has 0 saturated carbocycles. The molecule has 0 amide bonds. The normalized spacial score (nSPS) is 12.7. The van der Waals surface area contributed by atoms with E-state index in [1.807, 2.05) is 0 Å². The first-order valence-electron chi connectivity index (χ1n) is 18.3. The highest BCUT2D eigenvalue weighted by atomic mass is 15.2. The molecule has 0 bridgehead atoms. The molecular weight excluding hydrogens is 629 g/mol. The van der Waals surface area contributed by atoms with Gasteiger partial charge in [0.15, 0.2) is 0 Å². The summed E-state index contributed by atoms with van der Waals surface area (Å²) in [6.07, 6.45) is 0. The van der Waals surface area contributed by atoms with E-state index in [0.717, 1.165) is 5.69 Å². The first-order valence-corrected chi connectivity index (χ1v) is 18.3. The molecule has 7 aromatic carbocycles. The fourth-order valence-corrected chi connectivity index (χ4v) is 8.45. The lowest BCUT2D eigenvalue weighted by Gasteiger charge is -2.45. The van der Waals surface area contributed by atoms with Gasteiger partial charge >= 0.3 is 0 Å². The summed E-state index contributed by atoms with van der Waals surface area (Å²) in [6.45, 7) is 13.3. The third kappa shape index (κ3) is 5.13. The molecule has 0 unspecified atom stereocenters. The fraction of sp³-hybridized carbons (Fsp3) is 0.125. The molecule has 0 fully saturated rings. The van der Waals surface area contributed by atoms with Gasteiger partial charge in [0.05, 0.1) is 5.69 Å². The standard InChI is InChI=1S/C48H42BN3/c1-31-13-11-17-37(25-31)50-44-27-33(3)21-23-40(44)49-41-24-22-34(4)28-45(41)51(38-18-12-14-32(2)26-38)47-30-39(29-46(50)48(47)49)52(42-19-9-7-15-35(42)5)43-20-10-8-16-36(43)6/h7-30H,1-6H3. The molecule has 52 heavy (non-hydrogen) atoms. The van der Waals surface area contributed by atoms with Gasteiger partial charge in [0, 0.05) is 45.5 Å². The van der Waals surface area contributed by atoms with Gasteiger partial charge in [0.1, 0.15) is 0 Å². The molecule has 0 N–H and O–H groups in total. The van der Waals surface area contributed by atoms with E-state index >= 15 is 0 Å². The maximum atomic E-state index is 2.52. The molecule has 4 heteroatoms. The first kappa shape index (κ1) is 31.9. The van der Waals surface area contributed by atoms with E-state index in [4.69, 9.17) is 0 Å². The van der Waals surface area contributed by atoms with Crippen LogP contribution in [0.2, 0.25) is 0 Å². The Balaban J connectivity index is 1.45. The van der Waals surface area contributed by atoms with Gasteiger partial charge in [-0.1, -0.05) is 84.9 Å². The quantitative estimate of drug-likeness (QED) is 0.169. The molecule has 0 spiro atoms. The van der Waals surface area contributed by atoms with E-state index in [-0.39, 0.29) is 6.71 Å². The van der Waals surface area contributed by atoms with Gasteiger partial charge in [0.2, 0.25) is 0 Å². The third-order valence-corrected chi connectivity index (χ3v) is 10.9. The number of para-hydroxylation sites is 2. The number of benzene rings is 7. The number of nitrogens with zero attached hydrogens (tertiary/aromatic N) is 3. The molecule has 0 saturated heterocycles. The highest BCUT2D eigenvalue weighted by Crippen LogP contribution is 2.49. The average molecular weight is 672 g/mol. The minimum Gasteiger partial charge on any atom is -0.311 e. The molecule has 2 heterocycles. The van der Waals surface area contributed by atoms with E-state index in [1.165, 1.54) is 95.3 Å². The average Bonchev–Trinajstić information content (AvgIpc) is 3.13. The second-order valence-electron chi connectivity index (χ2n) is 14.7. The summed E-state index contributed by atoms with van der Waals surface area (Å²) in [5, 5.41) is 0. The van der Waals surface area contributed by atoms with Crippen molar-refractivity contribution < 1.29 is 0 Å². The lowest BCUT2D eigenvalue weighted by atomic mass is 9.33. The topological polar surface area (TPSA) is 9.72 Å². The van der Waals surface area contributed by atoms with Crippen LogP contribution in [0.1, 0.15) is 33.4 Å². The van der Waals surface area contributed by atoms with E-state index in [9.17, 15) is 0 Å². The summed E-state index contributed by atoms with van der Waals surface area (Å²) in [5.74, 6) is 0. The van der Waals surface area contributed by atoms with E-state index in [1.54, 1.807) is 0 Å². The van der Waals surface area contributed by atoms with E-state index in [2.05, 4.69) is 202 Å². The van der Waals surface area contributed by atoms with Crippen LogP contribution >= 0.6 is 0 Å². The number of hydrogen-bond acceptors (Lipinski definition) is 3. The van der Waals surface area contributed by atoms with Gasteiger partial charge in [-0.2, -0.15) is 0 Å². The Bertz CT molecular complexity index is 2360. The summed E-state index contributed by atoms with van der Waals surface area (Å²) in [7, 11) is 0. The Morgan fingerprint density at radius 2 is 0.846 bits per heavy atom. The SMILES string of the molecule is Cc1cccc(N2c3cc(C)ccc3B3c4ccc(C)cc4N(c4cccc(C)c4)c4cc(N(c5ccccc5C)c5ccccc5C)cc2c43)c1. The van der Waals surface area contributed by atoms with Gasteiger partial charge in [-0.25, -0.2) is 0 Å². The smallest absolute Gasteiger partial charge is 0.252 e. The van der Waals surface area contributed by atoms with E-state index < -0.39 is 0 Å². The lowest BCUT2D eigenvalue weighted by molar-refractivity contribution is 1.20. The highest BCUT2D eigenvalue weighted by Gasteiger charge is 2.44. The summed E-state index contributed by atoms with van der Waals surface area (Å²) in [4.78, 5) is 7.52. The molecule has 0 aromatic heterocycles. The Hall–Kier alpha value is -6.00. The Labute approximate surface area is 308 Å². The number of hydrogen-bond donors (Lipinski definition) is 0. The molecular formula is C48H42BN3. The molecule has 0 radical (unpaired) electrons. The van der Waals surface area contributed by atoms with Crippen LogP contribution in [0.15, 0.2) is 146 Å². The summed E-state index contributed by atoms with van der Waals surface area (Å²) >= 11 is 0. The second-order valence-corrected chi connectivity index (χ2v) is 14.7. The minimum atomic E-state index is 0.0674. The minimum absolute atomic E-state index is 0.0674. The largest absolute Gasteiger partial charge is 0.311 e. The molecule has 3 nitrogen and oxygen atoms in total. The zero-order valence-electron chi connectivity index (χ0n) is 30.8. The zero-order chi connectivity index (χ0) is 35.7. The maximum absolute atomic E-state index is 2.52. The van der Waals surface area contributed by atoms with Crippen molar-refractivity contribution in [3.8, 4) is 0 Å². The Kier molecular flexibility index (Phi) is 7.59. The Morgan fingerprint density at radius 3 is 1.29 bits per heavy atom. The van der Waals surface area contributed by atoms with Crippen molar-refractivity contribution in [2.45, 2.75) is 41.5 Å². The van der Waals surface area contributed by atoms with Crippen LogP contribution in [0.3, 0.4) is 0 Å². The van der Waals surface area contributed by atoms with Crippen molar-refractivity contribution >= 4 is 74.3 Å². The van der Waals surface area contributed by atoms with Gasteiger partial charge in [0.25, 0.3) is 6.71 Å². The van der Waals surface area contributed by atoms with Crippen LogP contribution in [0.5, 0.6) is 0 Å². The fourth-order valence-electron chi connectivity index (χ4n) is 8.45. The zero-order valence-corrected chi connectivity index (χ0v) is 30.8. The van der Waals surface area contributed by atoms with Crippen molar-refractivity contribution in [3.05, 3.63) is 179 Å². The molecule has 0 aliphatic carbocycles. The van der Waals surface area contributed by atoms with Crippen LogP contribution in [0.4, 0.5) is 51.2 Å². The van der Waals surface area contributed by atoms with Gasteiger partial charge < -0.3 is 14.7 Å². The van der Waals surface area contributed by atoms with Gasteiger partial charge in [-0.3, -0.25) is 0 Å². The van der Waals surface area contributed by atoms with Crippen LogP contribution in [-0.2, 0) is 0 Å². The monoisotopic (exact) mass is 671 g/mol. The van der Waals surface area contributed by atoms with Crippen molar-refractivity contribution in [1.82, 2.24) is 0 Å². The molecule has 2 aliphatic rings. The van der Waals surface area contributed by atoms with Crippen molar-refractivity contribution in [1.29, 1.82) is 0 Å². The van der Waals surface area contributed by atoms with E-state index in [0.29, 0.717) is 0 Å². The maximum Gasteiger partial charge on any atom is 0.252 e. The summed E-state index contributed by atoms with van der Waals surface area (Å²) in [5.41, 5.74) is 22.1.